The van der Waals surface area contributed by atoms with E-state index in [1.165, 1.54) is 11.1 Å². The van der Waals surface area contributed by atoms with Gasteiger partial charge < -0.3 is 15.4 Å². The van der Waals surface area contributed by atoms with Gasteiger partial charge in [0.1, 0.15) is 0 Å². The Bertz CT molecular complexity index is 532. The molecule has 2 unspecified atom stereocenters. The minimum absolute atomic E-state index is 0.289. The zero-order valence-corrected chi connectivity index (χ0v) is 15.5. The van der Waals surface area contributed by atoms with Crippen LogP contribution in [0.5, 0.6) is 0 Å². The summed E-state index contributed by atoms with van der Waals surface area (Å²) in [5, 5.41) is 0. The van der Waals surface area contributed by atoms with Crippen LogP contribution in [0.25, 0.3) is 0 Å². The molecule has 2 rings (SSSR count). The van der Waals surface area contributed by atoms with E-state index >= 15 is 0 Å². The molecular formula is C19H32N4O. The molecule has 1 aromatic rings. The van der Waals surface area contributed by atoms with Gasteiger partial charge in [-0.1, -0.05) is 24.3 Å². The molecule has 0 bridgehead atoms. The van der Waals surface area contributed by atoms with Crippen molar-refractivity contribution in [2.24, 2.45) is 10.7 Å². The first-order valence-corrected chi connectivity index (χ1v) is 9.02. The Balaban J connectivity index is 2.06. The van der Waals surface area contributed by atoms with Gasteiger partial charge in [-0.3, -0.25) is 4.90 Å². The number of hydrogen-bond acceptors (Lipinski definition) is 3. The molecule has 0 aliphatic carbocycles. The van der Waals surface area contributed by atoms with Crippen LogP contribution in [0.3, 0.4) is 0 Å². The molecule has 134 valence electrons. The predicted molar refractivity (Wildman–Crippen MR) is 100.0 cm³/mol. The first-order valence-electron chi connectivity index (χ1n) is 9.02. The zero-order chi connectivity index (χ0) is 17.5. The molecule has 0 radical (unpaired) electrons. The van der Waals surface area contributed by atoms with E-state index in [1.54, 1.807) is 0 Å². The van der Waals surface area contributed by atoms with Crippen LogP contribution in [0.4, 0.5) is 0 Å². The second kappa shape index (κ2) is 9.04. The average Bonchev–Trinajstić information content (AvgIpc) is 2.54. The summed E-state index contributed by atoms with van der Waals surface area (Å²) in [4.78, 5) is 9.14. The fourth-order valence-corrected chi connectivity index (χ4v) is 3.33. The second-order valence-electron chi connectivity index (χ2n) is 6.57. The van der Waals surface area contributed by atoms with Crippen molar-refractivity contribution in [2.45, 2.75) is 53.0 Å². The molecule has 1 aromatic carbocycles. The minimum Gasteiger partial charge on any atom is -0.373 e. The van der Waals surface area contributed by atoms with Gasteiger partial charge >= 0.3 is 0 Å². The number of ether oxygens (including phenoxy) is 1. The van der Waals surface area contributed by atoms with Gasteiger partial charge in [-0.25, -0.2) is 4.99 Å². The maximum Gasteiger partial charge on any atom is 0.191 e. The lowest BCUT2D eigenvalue weighted by Gasteiger charge is -2.35. The third-order valence-electron chi connectivity index (χ3n) is 4.51. The SMILES string of the molecule is CCN(CC)C(N)=NCc1ccccc1CN1CC(C)OC(C)C1. The first-order chi connectivity index (χ1) is 11.5. The topological polar surface area (TPSA) is 54.1 Å². The lowest BCUT2D eigenvalue weighted by molar-refractivity contribution is -0.0705. The summed E-state index contributed by atoms with van der Waals surface area (Å²) in [6, 6.07) is 8.53. The average molecular weight is 332 g/mol. The van der Waals surface area contributed by atoms with Crippen LogP contribution >= 0.6 is 0 Å². The van der Waals surface area contributed by atoms with Gasteiger partial charge in [0.2, 0.25) is 0 Å². The van der Waals surface area contributed by atoms with Crippen LogP contribution in [-0.2, 0) is 17.8 Å². The Hall–Kier alpha value is -1.59. The highest BCUT2D eigenvalue weighted by Gasteiger charge is 2.22. The molecule has 0 aromatic heterocycles. The quantitative estimate of drug-likeness (QED) is 0.642. The molecule has 1 saturated heterocycles. The number of aliphatic imine (C=N–C) groups is 1. The number of morpholine rings is 1. The van der Waals surface area contributed by atoms with Crippen molar-refractivity contribution < 1.29 is 4.74 Å². The van der Waals surface area contributed by atoms with Gasteiger partial charge in [-0.15, -0.1) is 0 Å². The highest BCUT2D eigenvalue weighted by molar-refractivity contribution is 5.78. The number of benzene rings is 1. The standard InChI is InChI=1S/C19H32N4O/c1-5-23(6-2)19(20)21-11-17-9-7-8-10-18(17)14-22-12-15(3)24-16(4)13-22/h7-10,15-16H,5-6,11-14H2,1-4H3,(H2,20,21). The van der Waals surface area contributed by atoms with Crippen LogP contribution in [-0.4, -0.2) is 54.1 Å². The normalized spacial score (nSPS) is 22.6. The monoisotopic (exact) mass is 332 g/mol. The predicted octanol–water partition coefficient (Wildman–Crippen LogP) is 2.45. The van der Waals surface area contributed by atoms with E-state index in [9.17, 15) is 0 Å². The molecule has 5 heteroatoms. The van der Waals surface area contributed by atoms with Crippen molar-refractivity contribution >= 4 is 5.96 Å². The van der Waals surface area contributed by atoms with Crippen molar-refractivity contribution in [3.05, 3.63) is 35.4 Å². The minimum atomic E-state index is 0.289. The number of hydrogen-bond donors (Lipinski definition) is 1. The van der Waals surface area contributed by atoms with Crippen LogP contribution in [0, 0.1) is 0 Å². The molecule has 24 heavy (non-hydrogen) atoms. The highest BCUT2D eigenvalue weighted by Crippen LogP contribution is 2.17. The van der Waals surface area contributed by atoms with Gasteiger partial charge in [-0.2, -0.15) is 0 Å². The van der Waals surface area contributed by atoms with E-state index in [2.05, 4.69) is 66.8 Å². The molecule has 5 nitrogen and oxygen atoms in total. The molecule has 1 aliphatic rings. The van der Waals surface area contributed by atoms with Crippen molar-refractivity contribution in [2.75, 3.05) is 26.2 Å². The first kappa shape index (κ1) is 18.7. The molecule has 1 fully saturated rings. The molecule has 0 spiro atoms. The maximum atomic E-state index is 6.11. The Morgan fingerprint density at radius 1 is 1.17 bits per heavy atom. The summed E-state index contributed by atoms with van der Waals surface area (Å²) < 4.78 is 5.83. The van der Waals surface area contributed by atoms with Gasteiger partial charge in [0.05, 0.1) is 18.8 Å². The smallest absolute Gasteiger partial charge is 0.191 e. The van der Waals surface area contributed by atoms with Crippen LogP contribution in [0.2, 0.25) is 0 Å². The Morgan fingerprint density at radius 3 is 2.33 bits per heavy atom. The summed E-state index contributed by atoms with van der Waals surface area (Å²) in [6.07, 6.45) is 0.578. The van der Waals surface area contributed by atoms with E-state index < -0.39 is 0 Å². The zero-order valence-electron chi connectivity index (χ0n) is 15.5. The summed E-state index contributed by atoms with van der Waals surface area (Å²) in [5.74, 6) is 0.628. The number of nitrogens with zero attached hydrogens (tertiary/aromatic N) is 3. The number of guanidine groups is 1. The molecule has 0 amide bonds. The van der Waals surface area contributed by atoms with Crippen molar-refractivity contribution in [3.8, 4) is 0 Å². The number of rotatable bonds is 6. The summed E-state index contributed by atoms with van der Waals surface area (Å²) >= 11 is 0. The fourth-order valence-electron chi connectivity index (χ4n) is 3.33. The fraction of sp³-hybridized carbons (Fsp3) is 0.632. The summed E-state index contributed by atoms with van der Waals surface area (Å²) in [7, 11) is 0. The second-order valence-corrected chi connectivity index (χ2v) is 6.57. The van der Waals surface area contributed by atoms with E-state index in [0.717, 1.165) is 32.7 Å². The molecule has 0 saturated carbocycles. The largest absolute Gasteiger partial charge is 0.373 e. The molecule has 1 aliphatic heterocycles. The van der Waals surface area contributed by atoms with Crippen molar-refractivity contribution in [1.82, 2.24) is 9.80 Å². The summed E-state index contributed by atoms with van der Waals surface area (Å²) in [5.41, 5.74) is 8.68. The van der Waals surface area contributed by atoms with Gasteiger partial charge in [0.25, 0.3) is 0 Å². The van der Waals surface area contributed by atoms with Gasteiger partial charge in [-0.05, 0) is 38.8 Å². The van der Waals surface area contributed by atoms with Crippen LogP contribution in [0.15, 0.2) is 29.3 Å². The van der Waals surface area contributed by atoms with E-state index in [4.69, 9.17) is 10.5 Å². The lowest BCUT2D eigenvalue weighted by Crippen LogP contribution is -2.44. The Labute approximate surface area is 146 Å². The van der Waals surface area contributed by atoms with Crippen molar-refractivity contribution in [1.29, 1.82) is 0 Å². The van der Waals surface area contributed by atoms with E-state index in [0.29, 0.717) is 12.5 Å². The van der Waals surface area contributed by atoms with Crippen molar-refractivity contribution in [3.63, 3.8) is 0 Å². The molecule has 2 atom stereocenters. The van der Waals surface area contributed by atoms with E-state index in [1.807, 2.05) is 0 Å². The lowest BCUT2D eigenvalue weighted by atomic mass is 10.1. The van der Waals surface area contributed by atoms with Crippen LogP contribution < -0.4 is 5.73 Å². The van der Waals surface area contributed by atoms with Gasteiger partial charge in [0, 0.05) is 32.7 Å². The molecular weight excluding hydrogens is 300 g/mol. The maximum absolute atomic E-state index is 6.11. The number of nitrogens with two attached hydrogens (primary N) is 1. The van der Waals surface area contributed by atoms with Crippen LogP contribution in [0.1, 0.15) is 38.8 Å². The summed E-state index contributed by atoms with van der Waals surface area (Å²) in [6.45, 7) is 13.8. The Kier molecular flexibility index (Phi) is 7.06. The highest BCUT2D eigenvalue weighted by atomic mass is 16.5. The van der Waals surface area contributed by atoms with E-state index in [-0.39, 0.29) is 12.2 Å². The van der Waals surface area contributed by atoms with Gasteiger partial charge in [0.15, 0.2) is 5.96 Å². The molecule has 2 N–H and O–H groups in total. The third kappa shape index (κ3) is 5.21. The molecule has 1 heterocycles. The Morgan fingerprint density at radius 2 is 1.75 bits per heavy atom. The third-order valence-corrected chi connectivity index (χ3v) is 4.51.